The van der Waals surface area contributed by atoms with E-state index in [0.717, 1.165) is 17.0 Å². The predicted molar refractivity (Wildman–Crippen MR) is 118 cm³/mol. The number of oxazole rings is 1. The average Bonchev–Trinajstić information content (AvgIpc) is 3.17. The van der Waals surface area contributed by atoms with Crippen LogP contribution in [-0.4, -0.2) is 10.9 Å². The monoisotopic (exact) mass is 390 g/mol. The van der Waals surface area contributed by atoms with E-state index < -0.39 is 0 Å². The smallest absolute Gasteiger partial charge is 0.224 e. The molecule has 0 saturated heterocycles. The topological polar surface area (TPSA) is 55.1 Å². The number of anilines is 1. The van der Waals surface area contributed by atoms with Gasteiger partial charge in [0.2, 0.25) is 5.91 Å². The van der Waals surface area contributed by atoms with Gasteiger partial charge in [0.15, 0.2) is 11.7 Å². The lowest BCUT2D eigenvalue weighted by Gasteiger charge is -2.20. The number of aryl methyl sites for hydroxylation is 1. The van der Waals surface area contributed by atoms with Crippen molar-refractivity contribution < 1.29 is 9.21 Å². The third-order valence-electron chi connectivity index (χ3n) is 5.04. The van der Waals surface area contributed by atoms with Gasteiger partial charge in [-0.3, -0.25) is 4.79 Å². The number of hydrogen-bond acceptors (Lipinski definition) is 3. The Bertz CT molecular complexity index is 916. The molecule has 0 aliphatic carbocycles. The highest BCUT2D eigenvalue weighted by Crippen LogP contribution is 2.32. The van der Waals surface area contributed by atoms with Crippen LogP contribution >= 0.6 is 0 Å². The molecule has 0 unspecified atom stereocenters. The molecule has 0 bridgehead atoms. The number of amides is 1. The highest BCUT2D eigenvalue weighted by Gasteiger charge is 2.16. The molecule has 4 heteroatoms. The predicted octanol–water partition coefficient (Wildman–Crippen LogP) is 6.55. The molecule has 0 atom stereocenters. The lowest BCUT2D eigenvalue weighted by molar-refractivity contribution is -0.116. The highest BCUT2D eigenvalue weighted by molar-refractivity contribution is 5.92. The lowest BCUT2D eigenvalue weighted by Crippen LogP contribution is -2.15. The molecule has 0 aliphatic rings. The van der Waals surface area contributed by atoms with Crippen molar-refractivity contribution in [3.05, 3.63) is 71.7 Å². The number of carbonyl (C=O) groups excluding carboxylic acids is 1. The maximum absolute atomic E-state index is 12.6. The maximum atomic E-state index is 12.6. The summed E-state index contributed by atoms with van der Waals surface area (Å²) in [7, 11) is 0. The summed E-state index contributed by atoms with van der Waals surface area (Å²) in [6, 6.07) is 16.2. The standard InChI is InChI=1S/C25H30N2O2/c1-17(2)20-12-8-13-21(18(3)4)25(20)27-23(28)14-9-15-24-26-16-22(29-24)19-10-6-5-7-11-19/h5-8,10-13,16-18H,9,14-15H2,1-4H3,(H,27,28). The van der Waals surface area contributed by atoms with Crippen molar-refractivity contribution in [3.8, 4) is 11.3 Å². The fourth-order valence-corrected chi connectivity index (χ4v) is 3.46. The Morgan fingerprint density at radius 3 is 2.24 bits per heavy atom. The molecule has 3 rings (SSSR count). The molecule has 152 valence electrons. The van der Waals surface area contributed by atoms with Crippen LogP contribution in [-0.2, 0) is 11.2 Å². The Kier molecular flexibility index (Phi) is 6.86. The van der Waals surface area contributed by atoms with E-state index in [0.29, 0.717) is 37.0 Å². The summed E-state index contributed by atoms with van der Waals surface area (Å²) >= 11 is 0. The number of hydrogen-bond donors (Lipinski definition) is 1. The van der Waals surface area contributed by atoms with Crippen LogP contribution < -0.4 is 5.32 Å². The summed E-state index contributed by atoms with van der Waals surface area (Å²) in [4.78, 5) is 17.0. The third-order valence-corrected chi connectivity index (χ3v) is 5.04. The van der Waals surface area contributed by atoms with Crippen LogP contribution in [0.2, 0.25) is 0 Å². The summed E-state index contributed by atoms with van der Waals surface area (Å²) in [6.07, 6.45) is 3.52. The zero-order valence-corrected chi connectivity index (χ0v) is 17.7. The van der Waals surface area contributed by atoms with E-state index in [1.54, 1.807) is 6.20 Å². The van der Waals surface area contributed by atoms with Crippen LogP contribution in [0.1, 0.15) is 69.4 Å². The summed E-state index contributed by atoms with van der Waals surface area (Å²) in [6.45, 7) is 8.62. The first kappa shape index (κ1) is 20.8. The molecule has 0 saturated carbocycles. The second kappa shape index (κ2) is 9.55. The van der Waals surface area contributed by atoms with Crippen molar-refractivity contribution in [1.82, 2.24) is 4.98 Å². The van der Waals surface area contributed by atoms with E-state index in [1.807, 2.05) is 30.3 Å². The largest absolute Gasteiger partial charge is 0.441 e. The van der Waals surface area contributed by atoms with E-state index >= 15 is 0 Å². The van der Waals surface area contributed by atoms with Gasteiger partial charge in [0.25, 0.3) is 0 Å². The van der Waals surface area contributed by atoms with Crippen molar-refractivity contribution >= 4 is 11.6 Å². The maximum Gasteiger partial charge on any atom is 0.224 e. The molecule has 0 radical (unpaired) electrons. The number of nitrogens with zero attached hydrogens (tertiary/aromatic N) is 1. The Balaban J connectivity index is 1.59. The van der Waals surface area contributed by atoms with Crippen LogP contribution in [0.15, 0.2) is 59.1 Å². The molecular formula is C25H30N2O2. The minimum Gasteiger partial charge on any atom is -0.441 e. The van der Waals surface area contributed by atoms with E-state index in [1.165, 1.54) is 11.1 Å². The second-order valence-electron chi connectivity index (χ2n) is 8.01. The van der Waals surface area contributed by atoms with E-state index in [2.05, 4.69) is 56.2 Å². The van der Waals surface area contributed by atoms with Crippen LogP contribution in [0, 0.1) is 0 Å². The van der Waals surface area contributed by atoms with Gasteiger partial charge in [0.1, 0.15) is 0 Å². The van der Waals surface area contributed by atoms with Gasteiger partial charge < -0.3 is 9.73 Å². The normalized spacial score (nSPS) is 11.2. The number of carbonyl (C=O) groups is 1. The quantitative estimate of drug-likeness (QED) is 0.474. The molecule has 0 spiro atoms. The Morgan fingerprint density at radius 2 is 1.62 bits per heavy atom. The molecule has 29 heavy (non-hydrogen) atoms. The zero-order chi connectivity index (χ0) is 20.8. The fraction of sp³-hybridized carbons (Fsp3) is 0.360. The molecule has 0 aliphatic heterocycles. The van der Waals surface area contributed by atoms with Gasteiger partial charge >= 0.3 is 0 Å². The van der Waals surface area contributed by atoms with Crippen LogP contribution in [0.3, 0.4) is 0 Å². The summed E-state index contributed by atoms with van der Waals surface area (Å²) in [5, 5.41) is 3.17. The summed E-state index contributed by atoms with van der Waals surface area (Å²) in [5.41, 5.74) is 4.36. The zero-order valence-electron chi connectivity index (χ0n) is 17.7. The van der Waals surface area contributed by atoms with Crippen molar-refractivity contribution in [2.24, 2.45) is 0 Å². The molecule has 1 aromatic heterocycles. The lowest BCUT2D eigenvalue weighted by atomic mass is 9.92. The van der Waals surface area contributed by atoms with Gasteiger partial charge in [-0.05, 0) is 29.4 Å². The number of para-hydroxylation sites is 1. The van der Waals surface area contributed by atoms with Gasteiger partial charge in [0, 0.05) is 24.1 Å². The Hall–Kier alpha value is -2.88. The van der Waals surface area contributed by atoms with E-state index in [4.69, 9.17) is 4.42 Å². The summed E-state index contributed by atoms with van der Waals surface area (Å²) < 4.78 is 5.83. The molecule has 3 aromatic rings. The molecular weight excluding hydrogens is 360 g/mol. The minimum absolute atomic E-state index is 0.0369. The van der Waals surface area contributed by atoms with E-state index in [9.17, 15) is 4.79 Å². The molecule has 2 aromatic carbocycles. The van der Waals surface area contributed by atoms with Gasteiger partial charge in [-0.1, -0.05) is 76.2 Å². The van der Waals surface area contributed by atoms with Gasteiger partial charge in [-0.15, -0.1) is 0 Å². The highest BCUT2D eigenvalue weighted by atomic mass is 16.4. The van der Waals surface area contributed by atoms with Crippen LogP contribution in [0.4, 0.5) is 5.69 Å². The SMILES string of the molecule is CC(C)c1cccc(C(C)C)c1NC(=O)CCCc1ncc(-c2ccccc2)o1. The average molecular weight is 391 g/mol. The minimum atomic E-state index is 0.0369. The molecule has 4 nitrogen and oxygen atoms in total. The van der Waals surface area contributed by atoms with Crippen molar-refractivity contribution in [2.75, 3.05) is 5.32 Å². The number of nitrogens with one attached hydrogen (secondary N) is 1. The Labute approximate surface area is 173 Å². The van der Waals surface area contributed by atoms with Crippen molar-refractivity contribution in [2.45, 2.75) is 58.8 Å². The first-order valence-corrected chi connectivity index (χ1v) is 10.4. The number of rotatable bonds is 8. The number of benzene rings is 2. The van der Waals surface area contributed by atoms with E-state index in [-0.39, 0.29) is 5.91 Å². The third kappa shape index (κ3) is 5.35. The van der Waals surface area contributed by atoms with Gasteiger partial charge in [0.05, 0.1) is 6.20 Å². The first-order chi connectivity index (χ1) is 14.0. The fourth-order valence-electron chi connectivity index (χ4n) is 3.46. The second-order valence-corrected chi connectivity index (χ2v) is 8.01. The van der Waals surface area contributed by atoms with Crippen molar-refractivity contribution in [1.29, 1.82) is 0 Å². The summed E-state index contributed by atoms with van der Waals surface area (Å²) in [5.74, 6) is 2.18. The molecule has 1 N–H and O–H groups in total. The molecule has 1 amide bonds. The van der Waals surface area contributed by atoms with Gasteiger partial charge in [-0.2, -0.15) is 0 Å². The number of aromatic nitrogens is 1. The molecule has 1 heterocycles. The first-order valence-electron chi connectivity index (χ1n) is 10.4. The van der Waals surface area contributed by atoms with Crippen LogP contribution in [0.5, 0.6) is 0 Å². The van der Waals surface area contributed by atoms with Gasteiger partial charge in [-0.25, -0.2) is 4.98 Å². The Morgan fingerprint density at radius 1 is 0.966 bits per heavy atom. The molecule has 0 fully saturated rings. The van der Waals surface area contributed by atoms with Crippen molar-refractivity contribution in [3.63, 3.8) is 0 Å². The van der Waals surface area contributed by atoms with Crippen LogP contribution in [0.25, 0.3) is 11.3 Å².